The first-order valence-electron chi connectivity index (χ1n) is 12.8. The molecule has 0 bridgehead atoms. The summed E-state index contributed by atoms with van der Waals surface area (Å²) in [4.78, 5) is 55.6. The number of likely N-dealkylation sites (tertiary alicyclic amines) is 2. The van der Waals surface area contributed by atoms with Crippen LogP contribution >= 0.6 is 0 Å². The average molecular weight is 518 g/mol. The molecule has 2 aliphatic rings. The quantitative estimate of drug-likeness (QED) is 0.277. The Hall–Kier alpha value is -3.02. The lowest BCUT2D eigenvalue weighted by molar-refractivity contribution is -0.152. The number of amides is 4. The van der Waals surface area contributed by atoms with Gasteiger partial charge in [-0.25, -0.2) is 0 Å². The molecule has 11 heteroatoms. The van der Waals surface area contributed by atoms with Gasteiger partial charge in [0, 0.05) is 19.5 Å². The fourth-order valence-electron chi connectivity index (χ4n) is 5.31. The molecule has 2 saturated heterocycles. The smallest absolute Gasteiger partial charge is 0.247 e. The van der Waals surface area contributed by atoms with Crippen molar-refractivity contribution in [1.82, 2.24) is 15.1 Å². The molecule has 204 valence electrons. The molecule has 11 nitrogen and oxygen atoms in total. The van der Waals surface area contributed by atoms with Gasteiger partial charge in [-0.2, -0.15) is 0 Å². The zero-order valence-corrected chi connectivity index (χ0v) is 21.7. The van der Waals surface area contributed by atoms with E-state index in [1.807, 2.05) is 31.2 Å². The minimum Gasteiger partial charge on any atom is -0.391 e. The van der Waals surface area contributed by atoms with Gasteiger partial charge in [0.05, 0.1) is 12.2 Å². The highest BCUT2D eigenvalue weighted by atomic mass is 16.3. The second-order valence-electron chi connectivity index (χ2n) is 10.3. The molecule has 0 spiro atoms. The first kappa shape index (κ1) is 28.5. The van der Waals surface area contributed by atoms with Crippen molar-refractivity contribution < 1.29 is 29.4 Å². The lowest BCUT2D eigenvalue weighted by Crippen LogP contribution is -2.65. The summed E-state index contributed by atoms with van der Waals surface area (Å²) < 4.78 is 0. The molecule has 6 atom stereocenters. The van der Waals surface area contributed by atoms with Crippen molar-refractivity contribution in [3.63, 3.8) is 0 Å². The molecule has 2 fully saturated rings. The molecular weight excluding hydrogens is 478 g/mol. The molecule has 4 amide bonds. The predicted molar refractivity (Wildman–Crippen MR) is 136 cm³/mol. The van der Waals surface area contributed by atoms with E-state index < -0.39 is 53.6 Å². The summed E-state index contributed by atoms with van der Waals surface area (Å²) >= 11 is 0. The Labute approximate surface area is 217 Å². The number of hydrogen-bond acceptors (Lipinski definition) is 7. The van der Waals surface area contributed by atoms with E-state index in [4.69, 9.17) is 11.5 Å². The maximum Gasteiger partial charge on any atom is 0.247 e. The topological polar surface area (TPSA) is 179 Å². The number of aryl methyl sites for hydroxylation is 1. The summed E-state index contributed by atoms with van der Waals surface area (Å²) in [7, 11) is 0. The molecular formula is C26H39N5O6. The first-order chi connectivity index (χ1) is 17.4. The third-order valence-corrected chi connectivity index (χ3v) is 7.50. The van der Waals surface area contributed by atoms with Crippen molar-refractivity contribution in [2.24, 2.45) is 11.5 Å². The Morgan fingerprint density at radius 3 is 2.30 bits per heavy atom. The van der Waals surface area contributed by atoms with Gasteiger partial charge in [-0.05, 0) is 52.0 Å². The van der Waals surface area contributed by atoms with Gasteiger partial charge < -0.3 is 36.8 Å². The van der Waals surface area contributed by atoms with E-state index in [0.29, 0.717) is 32.2 Å². The van der Waals surface area contributed by atoms with Crippen LogP contribution in [0.1, 0.15) is 50.7 Å². The Bertz CT molecular complexity index is 1010. The van der Waals surface area contributed by atoms with Crippen molar-refractivity contribution in [2.75, 3.05) is 13.1 Å². The highest BCUT2D eigenvalue weighted by Gasteiger charge is 2.53. The summed E-state index contributed by atoms with van der Waals surface area (Å²) in [5, 5.41) is 22.5. The van der Waals surface area contributed by atoms with Gasteiger partial charge in [-0.3, -0.25) is 19.2 Å². The van der Waals surface area contributed by atoms with E-state index >= 15 is 0 Å². The minimum atomic E-state index is -1.35. The molecule has 0 aromatic heterocycles. The average Bonchev–Trinajstić information content (AvgIpc) is 3.50. The first-order valence-corrected chi connectivity index (χ1v) is 12.8. The van der Waals surface area contributed by atoms with Crippen LogP contribution in [-0.2, 0) is 25.6 Å². The summed E-state index contributed by atoms with van der Waals surface area (Å²) in [6, 6.07) is 4.31. The highest BCUT2D eigenvalue weighted by Crippen LogP contribution is 2.36. The van der Waals surface area contributed by atoms with E-state index in [1.54, 1.807) is 0 Å². The summed E-state index contributed by atoms with van der Waals surface area (Å²) in [5.74, 6) is -2.36. The monoisotopic (exact) mass is 517 g/mol. The van der Waals surface area contributed by atoms with Crippen molar-refractivity contribution in [3.05, 3.63) is 35.4 Å². The SMILES string of the molecule is Cc1ccc(C[C@]2(C(=O)NC(C(N)=O)C(C)O)CCCN2C(=O)[C@@H]2CCCN2C(=O)C(N)C(C)O)cc1. The molecule has 4 unspecified atom stereocenters. The van der Waals surface area contributed by atoms with E-state index in [0.717, 1.165) is 11.1 Å². The maximum absolute atomic E-state index is 14.0. The minimum absolute atomic E-state index is 0.185. The standard InChI is InChI=1S/C26H39N5O6/c1-15-7-9-18(10-8-15)14-26(25(37)29-21(17(3)33)22(28)34)11-5-13-31(26)23(35)19-6-4-12-30(19)24(36)20(27)16(2)32/h7-10,16-17,19-21,32-33H,4-6,11-14,27H2,1-3H3,(H2,28,34)(H,29,37)/t16?,17?,19-,20?,21?,26-/m0/s1. The highest BCUT2D eigenvalue weighted by molar-refractivity contribution is 5.98. The number of nitrogens with zero attached hydrogens (tertiary/aromatic N) is 2. The molecule has 37 heavy (non-hydrogen) atoms. The van der Waals surface area contributed by atoms with E-state index in [2.05, 4.69) is 5.32 Å². The van der Waals surface area contributed by atoms with Crippen molar-refractivity contribution in [2.45, 2.75) is 88.7 Å². The van der Waals surface area contributed by atoms with Gasteiger partial charge in [-0.1, -0.05) is 29.8 Å². The molecule has 2 aliphatic heterocycles. The predicted octanol–water partition coefficient (Wildman–Crippen LogP) is -1.05. The zero-order valence-electron chi connectivity index (χ0n) is 21.7. The number of nitrogens with one attached hydrogen (secondary N) is 1. The number of aliphatic hydroxyl groups excluding tert-OH is 2. The van der Waals surface area contributed by atoms with Crippen LogP contribution in [0.5, 0.6) is 0 Å². The van der Waals surface area contributed by atoms with Gasteiger partial charge >= 0.3 is 0 Å². The number of rotatable bonds is 9. The molecule has 1 aromatic rings. The van der Waals surface area contributed by atoms with Crippen LogP contribution in [-0.4, -0.2) is 92.6 Å². The fourth-order valence-corrected chi connectivity index (χ4v) is 5.31. The Morgan fingerprint density at radius 1 is 1.08 bits per heavy atom. The van der Waals surface area contributed by atoms with Gasteiger partial charge in [0.25, 0.3) is 0 Å². The van der Waals surface area contributed by atoms with Crippen LogP contribution in [0.3, 0.4) is 0 Å². The second-order valence-corrected chi connectivity index (χ2v) is 10.3. The fraction of sp³-hybridized carbons (Fsp3) is 0.615. The second kappa shape index (κ2) is 11.6. The van der Waals surface area contributed by atoms with Gasteiger partial charge in [-0.15, -0.1) is 0 Å². The Balaban J connectivity index is 1.97. The van der Waals surface area contributed by atoms with Gasteiger partial charge in [0.1, 0.15) is 23.7 Å². The third-order valence-electron chi connectivity index (χ3n) is 7.50. The maximum atomic E-state index is 14.0. The number of hydrogen-bond donors (Lipinski definition) is 5. The molecule has 1 aromatic carbocycles. The number of primary amides is 1. The number of nitrogens with two attached hydrogens (primary N) is 2. The summed E-state index contributed by atoms with van der Waals surface area (Å²) in [6.45, 7) is 5.33. The zero-order chi connectivity index (χ0) is 27.5. The van der Waals surface area contributed by atoms with E-state index in [-0.39, 0.29) is 18.9 Å². The van der Waals surface area contributed by atoms with Crippen LogP contribution in [0, 0.1) is 6.92 Å². The van der Waals surface area contributed by atoms with Crippen LogP contribution in [0.15, 0.2) is 24.3 Å². The Kier molecular flexibility index (Phi) is 8.93. The van der Waals surface area contributed by atoms with E-state index in [1.165, 1.54) is 23.6 Å². The number of carbonyl (C=O) groups is 4. The third kappa shape index (κ3) is 5.94. The number of carbonyl (C=O) groups excluding carboxylic acids is 4. The molecule has 3 rings (SSSR count). The largest absolute Gasteiger partial charge is 0.391 e. The Morgan fingerprint density at radius 2 is 1.73 bits per heavy atom. The number of aliphatic hydroxyl groups is 2. The van der Waals surface area contributed by atoms with Gasteiger partial charge in [0.2, 0.25) is 23.6 Å². The summed E-state index contributed by atoms with van der Waals surface area (Å²) in [6.07, 6.45) is -0.253. The van der Waals surface area contributed by atoms with Crippen LogP contribution in [0.25, 0.3) is 0 Å². The lowest BCUT2D eigenvalue weighted by Gasteiger charge is -2.41. The van der Waals surface area contributed by atoms with Gasteiger partial charge in [0.15, 0.2) is 0 Å². The van der Waals surface area contributed by atoms with Crippen molar-refractivity contribution in [1.29, 1.82) is 0 Å². The lowest BCUT2D eigenvalue weighted by atomic mass is 9.85. The molecule has 2 heterocycles. The van der Waals surface area contributed by atoms with Crippen molar-refractivity contribution >= 4 is 23.6 Å². The van der Waals surface area contributed by atoms with Crippen LogP contribution in [0.4, 0.5) is 0 Å². The van der Waals surface area contributed by atoms with Crippen molar-refractivity contribution in [3.8, 4) is 0 Å². The summed E-state index contributed by atoms with van der Waals surface area (Å²) in [5.41, 5.74) is 11.8. The molecule has 0 radical (unpaired) electrons. The number of benzene rings is 1. The molecule has 0 aliphatic carbocycles. The van der Waals surface area contributed by atoms with E-state index in [9.17, 15) is 29.4 Å². The molecule has 7 N–H and O–H groups in total. The molecule has 0 saturated carbocycles. The van der Waals surface area contributed by atoms with Crippen LogP contribution < -0.4 is 16.8 Å². The van der Waals surface area contributed by atoms with Crippen LogP contribution in [0.2, 0.25) is 0 Å². The normalized spacial score (nSPS) is 24.9.